The van der Waals surface area contributed by atoms with Crippen molar-refractivity contribution in [2.45, 2.75) is 44.8 Å². The minimum Gasteiger partial charge on any atom is -0.497 e. The molecule has 1 aromatic rings. The van der Waals surface area contributed by atoms with Crippen LogP contribution in [0, 0.1) is 0 Å². The van der Waals surface area contributed by atoms with Crippen LogP contribution >= 0.6 is 0 Å². The maximum atomic E-state index is 10.5. The molecule has 1 aliphatic rings. The lowest BCUT2D eigenvalue weighted by molar-refractivity contribution is 0.0647. The van der Waals surface area contributed by atoms with Gasteiger partial charge in [0.25, 0.3) is 0 Å². The van der Waals surface area contributed by atoms with Crippen molar-refractivity contribution >= 4 is 0 Å². The largest absolute Gasteiger partial charge is 0.497 e. The van der Waals surface area contributed by atoms with Crippen LogP contribution in [-0.2, 0) is 11.3 Å². The first-order valence-electron chi connectivity index (χ1n) is 10.5. The molecule has 1 N–H and O–H groups in total. The van der Waals surface area contributed by atoms with E-state index in [1.807, 2.05) is 18.2 Å². The van der Waals surface area contributed by atoms with Gasteiger partial charge >= 0.3 is 0 Å². The van der Waals surface area contributed by atoms with Gasteiger partial charge in [0.2, 0.25) is 0 Å². The first-order chi connectivity index (χ1) is 13.6. The zero-order valence-electron chi connectivity index (χ0n) is 17.9. The fraction of sp³-hybridized carbons (Fsp3) is 0.727. The molecular formula is C22H38N2O4. The van der Waals surface area contributed by atoms with Crippen LogP contribution in [0.3, 0.4) is 0 Å². The molecule has 0 bridgehead atoms. The number of rotatable bonds is 11. The summed E-state index contributed by atoms with van der Waals surface area (Å²) in [6.45, 7) is 5.41. The van der Waals surface area contributed by atoms with Crippen molar-refractivity contribution in [3.8, 4) is 11.5 Å². The third-order valence-corrected chi connectivity index (χ3v) is 5.24. The van der Waals surface area contributed by atoms with E-state index in [4.69, 9.17) is 14.2 Å². The van der Waals surface area contributed by atoms with Gasteiger partial charge in [0.1, 0.15) is 24.2 Å². The molecule has 0 unspecified atom stereocenters. The molecule has 6 nitrogen and oxygen atoms in total. The molecule has 0 spiro atoms. The number of aliphatic hydroxyl groups is 1. The summed E-state index contributed by atoms with van der Waals surface area (Å²) >= 11 is 0. The Morgan fingerprint density at radius 1 is 1.11 bits per heavy atom. The first kappa shape index (κ1) is 22.9. The van der Waals surface area contributed by atoms with Gasteiger partial charge in [-0.2, -0.15) is 0 Å². The van der Waals surface area contributed by atoms with E-state index < -0.39 is 6.10 Å². The number of aliphatic hydroxyl groups excluding tert-OH is 1. The number of likely N-dealkylation sites (tertiary alicyclic amines) is 1. The van der Waals surface area contributed by atoms with Crippen LogP contribution in [0.25, 0.3) is 0 Å². The smallest absolute Gasteiger partial charge is 0.127 e. The maximum Gasteiger partial charge on any atom is 0.127 e. The monoisotopic (exact) mass is 394 g/mol. The van der Waals surface area contributed by atoms with Gasteiger partial charge in [-0.1, -0.05) is 25.3 Å². The molecule has 0 radical (unpaired) electrons. The molecule has 28 heavy (non-hydrogen) atoms. The third-order valence-electron chi connectivity index (χ3n) is 5.24. The summed E-state index contributed by atoms with van der Waals surface area (Å²) < 4.78 is 16.5. The molecule has 2 rings (SSSR count). The Bertz CT molecular complexity index is 547. The van der Waals surface area contributed by atoms with Crippen molar-refractivity contribution in [2.24, 2.45) is 0 Å². The summed E-state index contributed by atoms with van der Waals surface area (Å²) in [5, 5.41) is 10.5. The van der Waals surface area contributed by atoms with E-state index in [0.717, 1.165) is 43.2 Å². The summed E-state index contributed by atoms with van der Waals surface area (Å²) in [6, 6.07) is 5.88. The van der Waals surface area contributed by atoms with Crippen molar-refractivity contribution in [3.05, 3.63) is 23.8 Å². The summed E-state index contributed by atoms with van der Waals surface area (Å²) in [6.07, 6.45) is 5.89. The predicted octanol–water partition coefficient (Wildman–Crippen LogP) is 2.78. The average Bonchev–Trinajstić information content (AvgIpc) is 2.67. The first-order valence-corrected chi connectivity index (χ1v) is 10.5. The lowest BCUT2D eigenvalue weighted by Gasteiger charge is -2.27. The van der Waals surface area contributed by atoms with Crippen LogP contribution in [-0.4, -0.2) is 81.7 Å². The number of nitrogens with zero attached hydrogens (tertiary/aromatic N) is 2. The number of ether oxygens (including phenoxy) is 3. The van der Waals surface area contributed by atoms with Crippen LogP contribution in [0.2, 0.25) is 0 Å². The molecule has 0 aliphatic carbocycles. The van der Waals surface area contributed by atoms with Crippen LogP contribution in [0.4, 0.5) is 0 Å². The maximum absolute atomic E-state index is 10.5. The van der Waals surface area contributed by atoms with Gasteiger partial charge in [0, 0.05) is 38.4 Å². The molecule has 1 aliphatic heterocycles. The van der Waals surface area contributed by atoms with E-state index in [1.165, 1.54) is 32.1 Å². The molecule has 0 saturated carbocycles. The zero-order valence-corrected chi connectivity index (χ0v) is 17.9. The number of hydrogen-bond acceptors (Lipinski definition) is 6. The van der Waals surface area contributed by atoms with Crippen LogP contribution in [0.5, 0.6) is 11.5 Å². The van der Waals surface area contributed by atoms with Gasteiger partial charge < -0.3 is 24.2 Å². The fourth-order valence-electron chi connectivity index (χ4n) is 3.58. The van der Waals surface area contributed by atoms with Crippen LogP contribution < -0.4 is 9.47 Å². The summed E-state index contributed by atoms with van der Waals surface area (Å²) in [7, 11) is 5.42. The number of methoxy groups -OCH3 is 2. The van der Waals surface area contributed by atoms with E-state index in [1.54, 1.807) is 14.2 Å². The van der Waals surface area contributed by atoms with Gasteiger partial charge in [0.15, 0.2) is 0 Å². The molecule has 1 heterocycles. The van der Waals surface area contributed by atoms with Gasteiger partial charge in [-0.15, -0.1) is 0 Å². The SMILES string of the molecule is COCCN(C)Cc1ccc(OC)cc1OC[C@@H](O)CN1CCCCCCC1. The van der Waals surface area contributed by atoms with E-state index in [9.17, 15) is 5.11 Å². The van der Waals surface area contributed by atoms with Crippen LogP contribution in [0.1, 0.15) is 37.7 Å². The molecule has 1 fully saturated rings. The van der Waals surface area contributed by atoms with E-state index in [2.05, 4.69) is 16.8 Å². The second kappa shape index (κ2) is 13.0. The van der Waals surface area contributed by atoms with Gasteiger partial charge in [0.05, 0.1) is 13.7 Å². The normalized spacial score (nSPS) is 17.2. The average molecular weight is 395 g/mol. The highest BCUT2D eigenvalue weighted by Gasteiger charge is 2.15. The molecule has 0 amide bonds. The summed E-state index contributed by atoms with van der Waals surface area (Å²) in [5.74, 6) is 1.53. The standard InChI is InChI=1S/C22H38N2O4/c1-23(13-14-26-2)16-19-9-10-21(27-3)15-22(19)28-18-20(25)17-24-11-7-5-4-6-8-12-24/h9-10,15,20,25H,4-8,11-14,16-18H2,1-3H3/t20-/m0/s1. The lowest BCUT2D eigenvalue weighted by Crippen LogP contribution is -2.37. The Morgan fingerprint density at radius 2 is 1.82 bits per heavy atom. The molecule has 0 aromatic heterocycles. The Hall–Kier alpha value is -1.34. The zero-order chi connectivity index (χ0) is 20.2. The third kappa shape index (κ3) is 8.35. The number of hydrogen-bond donors (Lipinski definition) is 1. The molecular weight excluding hydrogens is 356 g/mol. The summed E-state index contributed by atoms with van der Waals surface area (Å²) in [5.41, 5.74) is 1.08. The molecule has 1 saturated heterocycles. The van der Waals surface area contributed by atoms with Crippen molar-refractivity contribution in [3.63, 3.8) is 0 Å². The van der Waals surface area contributed by atoms with E-state index >= 15 is 0 Å². The molecule has 1 atom stereocenters. The van der Waals surface area contributed by atoms with Gasteiger partial charge in [-0.3, -0.25) is 4.90 Å². The molecule has 1 aromatic carbocycles. The Morgan fingerprint density at radius 3 is 2.50 bits per heavy atom. The highest BCUT2D eigenvalue weighted by atomic mass is 16.5. The molecule has 6 heteroatoms. The minimum atomic E-state index is -0.496. The Labute approximate surface area is 170 Å². The van der Waals surface area contributed by atoms with Crippen molar-refractivity contribution in [2.75, 3.05) is 60.7 Å². The van der Waals surface area contributed by atoms with E-state index in [0.29, 0.717) is 19.8 Å². The van der Waals surface area contributed by atoms with Crippen LogP contribution in [0.15, 0.2) is 18.2 Å². The Balaban J connectivity index is 1.91. The van der Waals surface area contributed by atoms with Gasteiger partial charge in [-0.25, -0.2) is 0 Å². The molecule has 160 valence electrons. The number of β-amino-alcohol motifs (C(OH)–C–C–N with tert-alkyl or cyclic N) is 1. The van der Waals surface area contributed by atoms with Crippen molar-refractivity contribution in [1.82, 2.24) is 9.80 Å². The second-order valence-corrected chi connectivity index (χ2v) is 7.74. The number of benzene rings is 1. The summed E-state index contributed by atoms with van der Waals surface area (Å²) in [4.78, 5) is 4.56. The minimum absolute atomic E-state index is 0.290. The van der Waals surface area contributed by atoms with Crippen molar-refractivity contribution < 1.29 is 19.3 Å². The highest BCUT2D eigenvalue weighted by Crippen LogP contribution is 2.26. The second-order valence-electron chi connectivity index (χ2n) is 7.74. The topological polar surface area (TPSA) is 54.4 Å². The predicted molar refractivity (Wildman–Crippen MR) is 112 cm³/mol. The Kier molecular flexibility index (Phi) is 10.6. The van der Waals surface area contributed by atoms with Gasteiger partial charge in [-0.05, 0) is 39.0 Å². The highest BCUT2D eigenvalue weighted by molar-refractivity contribution is 5.40. The van der Waals surface area contributed by atoms with E-state index in [-0.39, 0.29) is 0 Å². The lowest BCUT2D eigenvalue weighted by atomic mass is 10.1. The quantitative estimate of drug-likeness (QED) is 0.623. The van der Waals surface area contributed by atoms with Crippen molar-refractivity contribution in [1.29, 1.82) is 0 Å². The fourth-order valence-corrected chi connectivity index (χ4v) is 3.58. The number of likely N-dealkylation sites (N-methyl/N-ethyl adjacent to an activating group) is 1.